The zero-order valence-electron chi connectivity index (χ0n) is 19.3. The van der Waals surface area contributed by atoms with Crippen LogP contribution in [0.3, 0.4) is 0 Å². The molecule has 2 N–H and O–H groups in total. The molecule has 0 aliphatic heterocycles. The third-order valence-electron chi connectivity index (χ3n) is 4.89. The molecule has 0 heterocycles. The van der Waals surface area contributed by atoms with Crippen molar-refractivity contribution in [1.29, 1.82) is 5.26 Å². The molecule has 0 atom stereocenters. The number of nitriles is 1. The minimum absolute atomic E-state index is 0.0737. The fourth-order valence-electron chi connectivity index (χ4n) is 3.09. The van der Waals surface area contributed by atoms with Crippen LogP contribution < -0.4 is 19.5 Å². The molecular formula is C27H24N2O6. The molecule has 0 aliphatic rings. The van der Waals surface area contributed by atoms with Gasteiger partial charge in [-0.2, -0.15) is 5.26 Å². The molecule has 8 heteroatoms. The topological polar surface area (TPSA) is 118 Å². The van der Waals surface area contributed by atoms with Crippen LogP contribution in [0.4, 0.5) is 5.69 Å². The predicted molar refractivity (Wildman–Crippen MR) is 131 cm³/mol. The van der Waals surface area contributed by atoms with Gasteiger partial charge in [0.15, 0.2) is 11.5 Å². The number of hydrogen-bond acceptors (Lipinski definition) is 6. The highest BCUT2D eigenvalue weighted by Gasteiger charge is 2.12. The summed E-state index contributed by atoms with van der Waals surface area (Å²) in [5.41, 5.74) is 2.04. The van der Waals surface area contributed by atoms with Crippen LogP contribution in [0.1, 0.15) is 28.4 Å². The number of carboxylic acids is 1. The number of ether oxygens (including phenoxy) is 3. The highest BCUT2D eigenvalue weighted by Crippen LogP contribution is 2.30. The van der Waals surface area contributed by atoms with Gasteiger partial charge in [-0.3, -0.25) is 4.79 Å². The summed E-state index contributed by atoms with van der Waals surface area (Å²) in [6.45, 7) is 2.43. The number of methoxy groups -OCH3 is 1. The SMILES string of the molecule is CCOc1cc(/C=C(\C#N)C(=O)Nc2ccc(OC)cc2)ccc1OCc1ccc(C(=O)O)cc1. The van der Waals surface area contributed by atoms with E-state index < -0.39 is 11.9 Å². The van der Waals surface area contributed by atoms with Gasteiger partial charge in [0, 0.05) is 5.69 Å². The van der Waals surface area contributed by atoms with E-state index >= 15 is 0 Å². The Morgan fingerprint density at radius 1 is 1.00 bits per heavy atom. The number of carbonyl (C=O) groups excluding carboxylic acids is 1. The van der Waals surface area contributed by atoms with Crippen molar-refractivity contribution in [2.24, 2.45) is 0 Å². The van der Waals surface area contributed by atoms with Gasteiger partial charge < -0.3 is 24.6 Å². The summed E-state index contributed by atoms with van der Waals surface area (Å²) in [7, 11) is 1.55. The minimum atomic E-state index is -0.992. The Labute approximate surface area is 203 Å². The number of hydrogen-bond donors (Lipinski definition) is 2. The Morgan fingerprint density at radius 3 is 2.31 bits per heavy atom. The quantitative estimate of drug-likeness (QED) is 0.318. The van der Waals surface area contributed by atoms with Crippen molar-refractivity contribution in [2.75, 3.05) is 19.0 Å². The van der Waals surface area contributed by atoms with E-state index in [2.05, 4.69) is 5.32 Å². The van der Waals surface area contributed by atoms with Gasteiger partial charge in [-0.15, -0.1) is 0 Å². The van der Waals surface area contributed by atoms with E-state index in [9.17, 15) is 14.9 Å². The van der Waals surface area contributed by atoms with Gasteiger partial charge in [0.05, 0.1) is 19.3 Å². The lowest BCUT2D eigenvalue weighted by atomic mass is 10.1. The largest absolute Gasteiger partial charge is 0.497 e. The number of aromatic carboxylic acids is 1. The summed E-state index contributed by atoms with van der Waals surface area (Å²) in [6.07, 6.45) is 1.47. The number of anilines is 1. The summed E-state index contributed by atoms with van der Waals surface area (Å²) < 4.78 is 16.6. The van der Waals surface area contributed by atoms with Crippen molar-refractivity contribution < 1.29 is 28.9 Å². The number of carboxylic acid groups (broad SMARTS) is 1. The maximum absolute atomic E-state index is 12.6. The van der Waals surface area contributed by atoms with Gasteiger partial charge >= 0.3 is 5.97 Å². The van der Waals surface area contributed by atoms with Gasteiger partial charge in [-0.25, -0.2) is 4.79 Å². The average Bonchev–Trinajstić information content (AvgIpc) is 2.87. The highest BCUT2D eigenvalue weighted by atomic mass is 16.5. The zero-order chi connectivity index (χ0) is 25.2. The van der Waals surface area contributed by atoms with E-state index in [1.807, 2.05) is 13.0 Å². The van der Waals surface area contributed by atoms with Gasteiger partial charge in [0.1, 0.15) is 24.0 Å². The van der Waals surface area contributed by atoms with Crippen LogP contribution in [0.5, 0.6) is 17.2 Å². The number of nitrogens with one attached hydrogen (secondary N) is 1. The van der Waals surface area contributed by atoms with Gasteiger partial charge in [-0.05, 0) is 72.7 Å². The Bertz CT molecular complexity index is 1260. The molecule has 0 aliphatic carbocycles. The van der Waals surface area contributed by atoms with Crippen LogP contribution in [-0.2, 0) is 11.4 Å². The number of carbonyl (C=O) groups is 2. The summed E-state index contributed by atoms with van der Waals surface area (Å²) in [4.78, 5) is 23.6. The van der Waals surface area contributed by atoms with Gasteiger partial charge in [-0.1, -0.05) is 18.2 Å². The summed E-state index contributed by atoms with van der Waals surface area (Å²) >= 11 is 0. The average molecular weight is 472 g/mol. The van der Waals surface area contributed by atoms with Crippen LogP contribution >= 0.6 is 0 Å². The van der Waals surface area contributed by atoms with E-state index in [1.165, 1.54) is 18.2 Å². The molecule has 3 aromatic rings. The van der Waals surface area contributed by atoms with Crippen LogP contribution in [0.25, 0.3) is 6.08 Å². The molecule has 178 valence electrons. The summed E-state index contributed by atoms with van der Waals surface area (Å²) in [5.74, 6) is 0.0563. The van der Waals surface area contributed by atoms with Gasteiger partial charge in [0.25, 0.3) is 5.91 Å². The second kappa shape index (κ2) is 11.9. The van der Waals surface area contributed by atoms with E-state index in [0.717, 1.165) is 5.56 Å². The lowest BCUT2D eigenvalue weighted by Crippen LogP contribution is -2.13. The molecule has 3 rings (SSSR count). The second-order valence-corrected chi connectivity index (χ2v) is 7.28. The molecule has 3 aromatic carbocycles. The normalized spacial score (nSPS) is 10.7. The molecule has 0 spiro atoms. The molecule has 35 heavy (non-hydrogen) atoms. The summed E-state index contributed by atoms with van der Waals surface area (Å²) in [5, 5.41) is 21.2. The first-order valence-corrected chi connectivity index (χ1v) is 10.7. The van der Waals surface area contributed by atoms with Crippen molar-refractivity contribution in [3.05, 3.63) is 89.0 Å². The van der Waals surface area contributed by atoms with Crippen molar-refractivity contribution in [1.82, 2.24) is 0 Å². The number of amides is 1. The van der Waals surface area contributed by atoms with Crippen LogP contribution in [0.2, 0.25) is 0 Å². The smallest absolute Gasteiger partial charge is 0.335 e. The van der Waals surface area contributed by atoms with Crippen molar-refractivity contribution in [3.63, 3.8) is 0 Å². The van der Waals surface area contributed by atoms with Crippen molar-refractivity contribution in [2.45, 2.75) is 13.5 Å². The lowest BCUT2D eigenvalue weighted by molar-refractivity contribution is -0.112. The molecule has 1 amide bonds. The summed E-state index contributed by atoms with van der Waals surface area (Å²) in [6, 6.07) is 20.2. The molecule has 0 aromatic heterocycles. The van der Waals surface area contributed by atoms with E-state index in [-0.39, 0.29) is 17.7 Å². The first-order chi connectivity index (χ1) is 16.9. The molecular weight excluding hydrogens is 448 g/mol. The Balaban J connectivity index is 1.74. The maximum Gasteiger partial charge on any atom is 0.335 e. The van der Waals surface area contributed by atoms with E-state index in [0.29, 0.717) is 35.1 Å². The third kappa shape index (κ3) is 6.85. The first-order valence-electron chi connectivity index (χ1n) is 10.7. The standard InChI is InChI=1S/C27H24N2O6/c1-3-34-25-15-19(6-13-24(25)35-17-18-4-7-20(8-5-18)27(31)32)14-21(16-28)26(30)29-22-9-11-23(33-2)12-10-22/h4-15H,3,17H2,1-2H3,(H,29,30)(H,31,32)/b21-14+. The van der Waals surface area contributed by atoms with Crippen LogP contribution in [-0.4, -0.2) is 30.7 Å². The first kappa shape index (κ1) is 24.9. The minimum Gasteiger partial charge on any atom is -0.497 e. The molecule has 0 radical (unpaired) electrons. The van der Waals surface area contributed by atoms with E-state index in [1.54, 1.807) is 61.7 Å². The Hall–Kier alpha value is -4.77. The zero-order valence-corrected chi connectivity index (χ0v) is 19.3. The number of rotatable bonds is 10. The fourth-order valence-corrected chi connectivity index (χ4v) is 3.09. The molecule has 8 nitrogen and oxygen atoms in total. The third-order valence-corrected chi connectivity index (χ3v) is 4.89. The highest BCUT2D eigenvalue weighted by molar-refractivity contribution is 6.09. The van der Waals surface area contributed by atoms with Crippen molar-refractivity contribution >= 4 is 23.6 Å². The molecule has 0 saturated carbocycles. The van der Waals surface area contributed by atoms with Gasteiger partial charge in [0.2, 0.25) is 0 Å². The Morgan fingerprint density at radius 2 is 1.71 bits per heavy atom. The van der Waals surface area contributed by atoms with E-state index in [4.69, 9.17) is 19.3 Å². The Kier molecular flexibility index (Phi) is 8.46. The number of benzene rings is 3. The number of nitrogens with zero attached hydrogens (tertiary/aromatic N) is 1. The maximum atomic E-state index is 12.6. The molecule has 0 saturated heterocycles. The van der Waals surface area contributed by atoms with Crippen molar-refractivity contribution in [3.8, 4) is 23.3 Å². The van der Waals surface area contributed by atoms with Crippen LogP contribution in [0.15, 0.2) is 72.3 Å². The van der Waals surface area contributed by atoms with Crippen LogP contribution in [0, 0.1) is 11.3 Å². The molecule has 0 unspecified atom stereocenters. The molecule has 0 fully saturated rings. The monoisotopic (exact) mass is 472 g/mol. The molecule has 0 bridgehead atoms. The predicted octanol–water partition coefficient (Wildman–Crippen LogP) is 4.92. The lowest BCUT2D eigenvalue weighted by Gasteiger charge is -2.13. The fraction of sp³-hybridized carbons (Fsp3) is 0.148. The second-order valence-electron chi connectivity index (χ2n) is 7.28.